The lowest BCUT2D eigenvalue weighted by molar-refractivity contribution is -0.117. The van der Waals surface area contributed by atoms with E-state index in [4.69, 9.17) is 4.74 Å². The van der Waals surface area contributed by atoms with E-state index in [2.05, 4.69) is 17.6 Å². The van der Waals surface area contributed by atoms with Crippen LogP contribution < -0.4 is 15.4 Å². The minimum atomic E-state index is -0.322. The second-order valence-corrected chi connectivity index (χ2v) is 6.92. The Morgan fingerprint density at radius 3 is 2.43 bits per heavy atom. The van der Waals surface area contributed by atoms with Gasteiger partial charge in [0.2, 0.25) is 0 Å². The lowest BCUT2D eigenvalue weighted by atomic mass is 10.0. The van der Waals surface area contributed by atoms with Crippen LogP contribution in [0.2, 0.25) is 0 Å². The third-order valence-electron chi connectivity index (χ3n) is 4.77. The van der Waals surface area contributed by atoms with Gasteiger partial charge in [0.05, 0.1) is 7.11 Å². The second kappa shape index (κ2) is 10.3. The number of nitrogens with one attached hydrogen (secondary N) is 2. The maximum absolute atomic E-state index is 13.0. The summed E-state index contributed by atoms with van der Waals surface area (Å²) in [5, 5.41) is 7.49. The minimum absolute atomic E-state index is 0.203. The molecule has 0 fully saturated rings. The summed E-state index contributed by atoms with van der Waals surface area (Å²) >= 11 is 0. The first-order valence-electron chi connectivity index (χ1n) is 10.1. The first-order valence-corrected chi connectivity index (χ1v) is 10.1. The van der Waals surface area contributed by atoms with Gasteiger partial charge in [-0.05, 0) is 47.0 Å². The molecule has 5 nitrogen and oxygen atoms in total. The summed E-state index contributed by atoms with van der Waals surface area (Å²) in [7, 11) is 1.60. The molecular formula is C25H26N2O3. The normalized spacial score (nSPS) is 11.2. The molecule has 0 aromatic heterocycles. The number of ether oxygens (including phenoxy) is 1. The first kappa shape index (κ1) is 21.1. The Bertz CT molecular complexity index is 1050. The Morgan fingerprint density at radius 1 is 0.967 bits per heavy atom. The summed E-state index contributed by atoms with van der Waals surface area (Å²) in [4.78, 5) is 25.8. The van der Waals surface area contributed by atoms with Crippen molar-refractivity contribution >= 4 is 28.7 Å². The maximum atomic E-state index is 13.0. The van der Waals surface area contributed by atoms with Crippen molar-refractivity contribution in [3.8, 4) is 5.75 Å². The van der Waals surface area contributed by atoms with Gasteiger partial charge in [-0.3, -0.25) is 9.59 Å². The lowest BCUT2D eigenvalue weighted by Gasteiger charge is -2.12. The zero-order valence-electron chi connectivity index (χ0n) is 17.3. The zero-order valence-corrected chi connectivity index (χ0v) is 17.3. The Balaban J connectivity index is 1.89. The van der Waals surface area contributed by atoms with Crippen LogP contribution in [0.15, 0.2) is 72.4 Å². The highest BCUT2D eigenvalue weighted by atomic mass is 16.5. The molecule has 2 N–H and O–H groups in total. The van der Waals surface area contributed by atoms with E-state index >= 15 is 0 Å². The summed E-state index contributed by atoms with van der Waals surface area (Å²) < 4.78 is 5.18. The highest BCUT2D eigenvalue weighted by molar-refractivity contribution is 6.11. The van der Waals surface area contributed by atoms with Crippen LogP contribution in [-0.4, -0.2) is 25.5 Å². The van der Waals surface area contributed by atoms with Gasteiger partial charge in [0.1, 0.15) is 11.4 Å². The van der Waals surface area contributed by atoms with E-state index in [1.165, 1.54) is 0 Å². The molecule has 3 aromatic carbocycles. The van der Waals surface area contributed by atoms with Crippen LogP contribution in [0, 0.1) is 0 Å². The second-order valence-electron chi connectivity index (χ2n) is 6.92. The summed E-state index contributed by atoms with van der Waals surface area (Å²) in [6.07, 6.45) is 3.52. The number of hydrogen-bond donors (Lipinski definition) is 2. The average molecular weight is 402 g/mol. The molecule has 3 rings (SSSR count). The maximum Gasteiger partial charge on any atom is 0.267 e. The van der Waals surface area contributed by atoms with E-state index in [0.29, 0.717) is 12.1 Å². The number of unbranched alkanes of at least 4 members (excludes halogenated alkanes) is 1. The van der Waals surface area contributed by atoms with Crippen LogP contribution in [0.4, 0.5) is 0 Å². The van der Waals surface area contributed by atoms with Crippen LogP contribution in [0.1, 0.15) is 35.7 Å². The standard InChI is InChI=1S/C25H26N2O3/c1-3-4-16-26-25(29)23(17-18-12-14-20(30-2)15-13-18)27-24(28)22-11-7-9-19-8-5-6-10-21(19)22/h5-15,17H,3-4,16H2,1-2H3,(H,26,29)(H,27,28). The fourth-order valence-electron chi connectivity index (χ4n) is 3.11. The molecule has 0 aliphatic heterocycles. The summed E-state index contributed by atoms with van der Waals surface area (Å²) in [6, 6.07) is 20.5. The van der Waals surface area contributed by atoms with Crippen molar-refractivity contribution in [1.82, 2.24) is 10.6 Å². The van der Waals surface area contributed by atoms with Crippen LogP contribution in [0.25, 0.3) is 16.8 Å². The van der Waals surface area contributed by atoms with Crippen LogP contribution in [-0.2, 0) is 4.79 Å². The van der Waals surface area contributed by atoms with Gasteiger partial charge in [0, 0.05) is 12.1 Å². The van der Waals surface area contributed by atoms with Crippen molar-refractivity contribution in [2.45, 2.75) is 19.8 Å². The van der Waals surface area contributed by atoms with Gasteiger partial charge in [-0.25, -0.2) is 0 Å². The average Bonchev–Trinajstić information content (AvgIpc) is 2.78. The van der Waals surface area contributed by atoms with Crippen molar-refractivity contribution < 1.29 is 14.3 Å². The Hall–Kier alpha value is -3.60. The molecule has 0 bridgehead atoms. The van der Waals surface area contributed by atoms with E-state index in [0.717, 1.165) is 34.9 Å². The van der Waals surface area contributed by atoms with Gasteiger partial charge in [0.15, 0.2) is 0 Å². The first-order chi connectivity index (χ1) is 14.6. The van der Waals surface area contributed by atoms with Crippen molar-refractivity contribution in [2.75, 3.05) is 13.7 Å². The van der Waals surface area contributed by atoms with Crippen molar-refractivity contribution in [3.05, 3.63) is 83.6 Å². The molecule has 154 valence electrons. The van der Waals surface area contributed by atoms with E-state index in [1.54, 1.807) is 19.3 Å². The minimum Gasteiger partial charge on any atom is -0.497 e. The van der Waals surface area contributed by atoms with Gasteiger partial charge >= 0.3 is 0 Å². The van der Waals surface area contributed by atoms with Crippen LogP contribution in [0.5, 0.6) is 5.75 Å². The molecule has 3 aromatic rings. The third kappa shape index (κ3) is 5.26. The molecule has 30 heavy (non-hydrogen) atoms. The van der Waals surface area contributed by atoms with E-state index in [9.17, 15) is 9.59 Å². The molecule has 2 amide bonds. The SMILES string of the molecule is CCCCNC(=O)C(=Cc1ccc(OC)cc1)NC(=O)c1cccc2ccccc12. The fourth-order valence-corrected chi connectivity index (χ4v) is 3.11. The molecule has 0 spiro atoms. The number of carbonyl (C=O) groups excluding carboxylic acids is 2. The van der Waals surface area contributed by atoms with Crippen molar-refractivity contribution in [2.24, 2.45) is 0 Å². The molecule has 5 heteroatoms. The molecule has 0 saturated heterocycles. The number of amides is 2. The fraction of sp³-hybridized carbons (Fsp3) is 0.200. The molecule has 0 radical (unpaired) electrons. The number of benzene rings is 3. The number of carbonyl (C=O) groups is 2. The molecular weight excluding hydrogens is 376 g/mol. The van der Waals surface area contributed by atoms with E-state index in [1.807, 2.05) is 60.7 Å². The number of hydrogen-bond acceptors (Lipinski definition) is 3. The predicted octanol–water partition coefficient (Wildman–Crippen LogP) is 4.54. The van der Waals surface area contributed by atoms with E-state index < -0.39 is 0 Å². The third-order valence-corrected chi connectivity index (χ3v) is 4.77. The van der Waals surface area contributed by atoms with E-state index in [-0.39, 0.29) is 17.5 Å². The Kier molecular flexibility index (Phi) is 7.22. The lowest BCUT2D eigenvalue weighted by Crippen LogP contribution is -2.35. The molecule has 0 aliphatic carbocycles. The Morgan fingerprint density at radius 2 is 1.70 bits per heavy atom. The topological polar surface area (TPSA) is 67.4 Å². The van der Waals surface area contributed by atoms with Crippen molar-refractivity contribution in [1.29, 1.82) is 0 Å². The largest absolute Gasteiger partial charge is 0.497 e. The quantitative estimate of drug-likeness (QED) is 0.430. The molecule has 0 unspecified atom stereocenters. The molecule has 0 heterocycles. The van der Waals surface area contributed by atoms with Gasteiger partial charge in [-0.1, -0.05) is 61.9 Å². The smallest absolute Gasteiger partial charge is 0.267 e. The monoisotopic (exact) mass is 402 g/mol. The highest BCUT2D eigenvalue weighted by Gasteiger charge is 2.16. The summed E-state index contributed by atoms with van der Waals surface area (Å²) in [5.41, 5.74) is 1.51. The van der Waals surface area contributed by atoms with Crippen LogP contribution in [0.3, 0.4) is 0 Å². The van der Waals surface area contributed by atoms with Gasteiger partial charge < -0.3 is 15.4 Å². The van der Waals surface area contributed by atoms with Gasteiger partial charge in [0.25, 0.3) is 11.8 Å². The van der Waals surface area contributed by atoms with Gasteiger partial charge in [-0.2, -0.15) is 0 Å². The van der Waals surface area contributed by atoms with Crippen LogP contribution >= 0.6 is 0 Å². The zero-order chi connectivity index (χ0) is 21.3. The Labute approximate surface area is 176 Å². The van der Waals surface area contributed by atoms with Gasteiger partial charge in [-0.15, -0.1) is 0 Å². The number of methoxy groups -OCH3 is 1. The predicted molar refractivity (Wildman–Crippen MR) is 120 cm³/mol. The summed E-state index contributed by atoms with van der Waals surface area (Å²) in [6.45, 7) is 2.61. The summed E-state index contributed by atoms with van der Waals surface area (Å²) in [5.74, 6) is 0.0888. The molecule has 0 aliphatic rings. The molecule has 0 saturated carbocycles. The number of fused-ring (bicyclic) bond motifs is 1. The number of rotatable bonds is 8. The van der Waals surface area contributed by atoms with Crippen molar-refractivity contribution in [3.63, 3.8) is 0 Å². The molecule has 0 atom stereocenters. The highest BCUT2D eigenvalue weighted by Crippen LogP contribution is 2.19.